The van der Waals surface area contributed by atoms with Gasteiger partial charge in [-0.3, -0.25) is 0 Å². The highest BCUT2D eigenvalue weighted by Gasteiger charge is 2.31. The molecular weight excluding hydrogens is 361 g/mol. The lowest BCUT2D eigenvalue weighted by atomic mass is 9.77. The first-order chi connectivity index (χ1) is 9.55. The minimum Gasteiger partial charge on any atom is -0.242 e. The summed E-state index contributed by atoms with van der Waals surface area (Å²) in [5.41, 5.74) is 1.42. The van der Waals surface area contributed by atoms with Crippen molar-refractivity contribution in [2.45, 2.75) is 84.0 Å². The zero-order valence-corrected chi connectivity index (χ0v) is 15.7. The molecule has 0 N–H and O–H groups in total. The number of hydrogen-bond donors (Lipinski definition) is 0. The van der Waals surface area contributed by atoms with Crippen molar-refractivity contribution in [3.05, 3.63) is 9.39 Å². The van der Waals surface area contributed by atoms with E-state index in [9.17, 15) is 0 Å². The zero-order valence-electron chi connectivity index (χ0n) is 13.6. The summed E-state index contributed by atoms with van der Waals surface area (Å²) in [6, 6.07) is 0. The number of rotatable bonds is 10. The molecule has 0 aliphatic heterocycles. The molecule has 1 heterocycles. The van der Waals surface area contributed by atoms with Crippen LogP contribution in [-0.4, -0.2) is 15.0 Å². The normalized spacial score (nSPS) is 14.4. The van der Waals surface area contributed by atoms with Crippen LogP contribution in [0.2, 0.25) is 0 Å². The Balaban J connectivity index is 2.74. The first kappa shape index (κ1) is 17.9. The minimum absolute atomic E-state index is 0.202. The van der Waals surface area contributed by atoms with Gasteiger partial charge in [0.25, 0.3) is 0 Å². The summed E-state index contributed by atoms with van der Waals surface area (Å²) in [6.07, 6.45) is 11.7. The van der Waals surface area contributed by atoms with Crippen LogP contribution in [0, 0.1) is 3.70 Å². The Labute approximate surface area is 138 Å². The second kappa shape index (κ2) is 9.00. The molecule has 1 unspecified atom stereocenters. The maximum Gasteiger partial charge on any atom is 0.123 e. The van der Waals surface area contributed by atoms with Gasteiger partial charge in [0.1, 0.15) is 9.39 Å². The van der Waals surface area contributed by atoms with E-state index in [2.05, 4.69) is 53.7 Å². The van der Waals surface area contributed by atoms with Crippen LogP contribution < -0.4 is 0 Å². The quantitative estimate of drug-likeness (QED) is 0.404. The third kappa shape index (κ3) is 5.01. The number of hydrogen-bond acceptors (Lipinski definition) is 2. The molecule has 1 aromatic rings. The van der Waals surface area contributed by atoms with Gasteiger partial charge in [0.05, 0.1) is 0 Å². The third-order valence-electron chi connectivity index (χ3n) is 4.24. The Bertz CT molecular complexity index is 389. The van der Waals surface area contributed by atoms with Crippen molar-refractivity contribution in [1.29, 1.82) is 0 Å². The summed E-state index contributed by atoms with van der Waals surface area (Å²) in [7, 11) is 1.99. The summed E-state index contributed by atoms with van der Waals surface area (Å²) in [6.45, 7) is 6.93. The van der Waals surface area contributed by atoms with Crippen molar-refractivity contribution >= 4 is 22.6 Å². The van der Waals surface area contributed by atoms with Crippen LogP contribution in [0.5, 0.6) is 0 Å². The topological polar surface area (TPSA) is 30.7 Å². The summed E-state index contributed by atoms with van der Waals surface area (Å²) in [5, 5.41) is 8.68. The largest absolute Gasteiger partial charge is 0.242 e. The molecule has 0 fully saturated rings. The van der Waals surface area contributed by atoms with E-state index in [0.29, 0.717) is 0 Å². The van der Waals surface area contributed by atoms with E-state index >= 15 is 0 Å². The monoisotopic (exact) mass is 391 g/mol. The Morgan fingerprint density at radius 3 is 2.05 bits per heavy atom. The van der Waals surface area contributed by atoms with E-state index in [1.807, 2.05) is 11.7 Å². The molecule has 0 radical (unpaired) electrons. The zero-order chi connectivity index (χ0) is 15.0. The third-order valence-corrected chi connectivity index (χ3v) is 5.45. The number of aryl methyl sites for hydroxylation is 1. The Morgan fingerprint density at radius 2 is 1.55 bits per heavy atom. The maximum absolute atomic E-state index is 4.47. The molecule has 1 atom stereocenters. The number of aromatic nitrogens is 3. The van der Waals surface area contributed by atoms with Gasteiger partial charge < -0.3 is 0 Å². The predicted octanol–water partition coefficient (Wildman–Crippen LogP) is 5.23. The summed E-state index contributed by atoms with van der Waals surface area (Å²) < 4.78 is 3.11. The highest BCUT2D eigenvalue weighted by Crippen LogP contribution is 2.36. The van der Waals surface area contributed by atoms with Gasteiger partial charge in [-0.1, -0.05) is 70.9 Å². The first-order valence-corrected chi connectivity index (χ1v) is 9.18. The fourth-order valence-electron chi connectivity index (χ4n) is 2.78. The highest BCUT2D eigenvalue weighted by molar-refractivity contribution is 14.1. The maximum atomic E-state index is 4.47. The molecule has 0 saturated heterocycles. The van der Waals surface area contributed by atoms with Crippen LogP contribution in [0.3, 0.4) is 0 Å². The standard InChI is InChI=1S/C16H30IN3/c1-5-7-9-11-13-16(3,12-10-8-6-2)14-15(17)20(4)19-18-14/h5-13H2,1-4H3. The molecule has 0 aliphatic rings. The smallest absolute Gasteiger partial charge is 0.123 e. The van der Waals surface area contributed by atoms with Gasteiger partial charge >= 0.3 is 0 Å². The van der Waals surface area contributed by atoms with Crippen LogP contribution >= 0.6 is 22.6 Å². The molecule has 0 spiro atoms. The van der Waals surface area contributed by atoms with Gasteiger partial charge in [-0.25, -0.2) is 4.68 Å². The lowest BCUT2D eigenvalue weighted by molar-refractivity contribution is 0.355. The Hall–Kier alpha value is -0.130. The van der Waals surface area contributed by atoms with Crippen molar-refractivity contribution in [3.63, 3.8) is 0 Å². The minimum atomic E-state index is 0.202. The van der Waals surface area contributed by atoms with Crippen molar-refractivity contribution in [2.24, 2.45) is 7.05 Å². The van der Waals surface area contributed by atoms with Gasteiger partial charge in [0.2, 0.25) is 0 Å². The van der Waals surface area contributed by atoms with Gasteiger partial charge in [0.15, 0.2) is 0 Å². The van der Waals surface area contributed by atoms with E-state index in [1.54, 1.807) is 0 Å². The average molecular weight is 391 g/mol. The summed E-state index contributed by atoms with van der Waals surface area (Å²) >= 11 is 2.39. The van der Waals surface area contributed by atoms with E-state index < -0.39 is 0 Å². The van der Waals surface area contributed by atoms with Gasteiger partial charge in [-0.2, -0.15) is 0 Å². The molecule has 3 nitrogen and oxygen atoms in total. The number of nitrogens with zero attached hydrogens (tertiary/aromatic N) is 3. The van der Waals surface area contributed by atoms with Crippen molar-refractivity contribution in [2.75, 3.05) is 0 Å². The van der Waals surface area contributed by atoms with Crippen LogP contribution in [0.4, 0.5) is 0 Å². The van der Waals surface area contributed by atoms with E-state index in [1.165, 1.54) is 67.2 Å². The first-order valence-electron chi connectivity index (χ1n) is 8.10. The SMILES string of the molecule is CCCCCCC(C)(CCCCC)c1nnn(C)c1I. The molecule has 20 heavy (non-hydrogen) atoms. The number of halogens is 1. The van der Waals surface area contributed by atoms with E-state index in [-0.39, 0.29) is 5.41 Å². The average Bonchev–Trinajstić information content (AvgIpc) is 2.76. The molecule has 0 aromatic carbocycles. The lowest BCUT2D eigenvalue weighted by Gasteiger charge is -2.28. The van der Waals surface area contributed by atoms with Crippen LogP contribution in [0.15, 0.2) is 0 Å². The van der Waals surface area contributed by atoms with Crippen LogP contribution in [0.25, 0.3) is 0 Å². The Morgan fingerprint density at radius 1 is 1.00 bits per heavy atom. The molecule has 0 amide bonds. The van der Waals surface area contributed by atoms with Gasteiger partial charge in [-0.15, -0.1) is 5.10 Å². The van der Waals surface area contributed by atoms with E-state index in [0.717, 1.165) is 0 Å². The van der Waals surface area contributed by atoms with Crippen molar-refractivity contribution < 1.29 is 0 Å². The van der Waals surface area contributed by atoms with Crippen molar-refractivity contribution in [3.8, 4) is 0 Å². The summed E-state index contributed by atoms with van der Waals surface area (Å²) in [5.74, 6) is 0. The molecule has 1 rings (SSSR count). The molecular formula is C16H30IN3. The molecule has 116 valence electrons. The molecule has 0 bridgehead atoms. The van der Waals surface area contributed by atoms with Crippen LogP contribution in [0.1, 0.15) is 84.3 Å². The highest BCUT2D eigenvalue weighted by atomic mass is 127. The van der Waals surface area contributed by atoms with E-state index in [4.69, 9.17) is 0 Å². The van der Waals surface area contributed by atoms with Gasteiger partial charge in [-0.05, 0) is 35.4 Å². The second-order valence-corrected chi connectivity index (χ2v) is 7.20. The lowest BCUT2D eigenvalue weighted by Crippen LogP contribution is -2.24. The van der Waals surface area contributed by atoms with Gasteiger partial charge in [0, 0.05) is 12.5 Å². The Kier molecular flexibility index (Phi) is 8.07. The fraction of sp³-hybridized carbons (Fsp3) is 0.875. The molecule has 1 aromatic heterocycles. The molecule has 4 heteroatoms. The summed E-state index contributed by atoms with van der Waals surface area (Å²) in [4.78, 5) is 0. The van der Waals surface area contributed by atoms with Crippen LogP contribution in [-0.2, 0) is 12.5 Å². The van der Waals surface area contributed by atoms with Crippen molar-refractivity contribution in [1.82, 2.24) is 15.0 Å². The second-order valence-electron chi connectivity index (χ2n) is 6.18. The molecule has 0 saturated carbocycles. The molecule has 0 aliphatic carbocycles. The predicted molar refractivity (Wildman–Crippen MR) is 94.0 cm³/mol. The number of unbranched alkanes of at least 4 members (excludes halogenated alkanes) is 5. The fourth-order valence-corrected chi connectivity index (χ4v) is 3.64.